The second-order valence-electron chi connectivity index (χ2n) is 8.29. The summed E-state index contributed by atoms with van der Waals surface area (Å²) in [4.78, 5) is 11.2. The molecule has 0 aliphatic carbocycles. The molecule has 0 spiro atoms. The van der Waals surface area contributed by atoms with Gasteiger partial charge in [0.05, 0.1) is 0 Å². The molecule has 1 aliphatic heterocycles. The fourth-order valence-electron chi connectivity index (χ4n) is 3.03. The van der Waals surface area contributed by atoms with Crippen molar-refractivity contribution in [3.05, 3.63) is 23.9 Å². The first kappa shape index (κ1) is 23.0. The smallest absolute Gasteiger partial charge is 0.191 e. The molecule has 1 unspecified atom stereocenters. The topological polar surface area (TPSA) is 52.6 Å². The minimum atomic E-state index is 0. The van der Waals surface area contributed by atoms with Crippen molar-refractivity contribution in [1.29, 1.82) is 0 Å². The van der Waals surface area contributed by atoms with Gasteiger partial charge in [0.15, 0.2) is 5.96 Å². The lowest BCUT2D eigenvalue weighted by Gasteiger charge is -2.23. The molecule has 0 amide bonds. The van der Waals surface area contributed by atoms with E-state index in [-0.39, 0.29) is 24.0 Å². The Kier molecular flexibility index (Phi) is 9.68. The molecule has 1 aromatic rings. The van der Waals surface area contributed by atoms with Crippen LogP contribution in [0.3, 0.4) is 0 Å². The van der Waals surface area contributed by atoms with E-state index in [1.165, 1.54) is 24.8 Å². The molecule has 1 aliphatic rings. The molecular weight excluding hydrogens is 437 g/mol. The minimum absolute atomic E-state index is 0. The van der Waals surface area contributed by atoms with Crippen LogP contribution < -0.4 is 15.5 Å². The highest BCUT2D eigenvalue weighted by Gasteiger charge is 2.15. The van der Waals surface area contributed by atoms with E-state index in [9.17, 15) is 0 Å². The Bertz CT molecular complexity index is 562. The SMILES string of the molecule is CN=C(NCc1ccnc(N2CCCC2)c1)NC(C)CCC(C)(C)C.I. The lowest BCUT2D eigenvalue weighted by Crippen LogP contribution is -2.42. The van der Waals surface area contributed by atoms with E-state index in [4.69, 9.17) is 0 Å². The van der Waals surface area contributed by atoms with Crippen molar-refractivity contribution in [3.8, 4) is 0 Å². The van der Waals surface area contributed by atoms with Gasteiger partial charge in [0, 0.05) is 38.9 Å². The fraction of sp³-hybridized carbons (Fsp3) is 0.700. The van der Waals surface area contributed by atoms with E-state index < -0.39 is 0 Å². The summed E-state index contributed by atoms with van der Waals surface area (Å²) in [6.07, 6.45) is 6.79. The molecule has 2 N–H and O–H groups in total. The van der Waals surface area contributed by atoms with Crippen molar-refractivity contribution in [1.82, 2.24) is 15.6 Å². The van der Waals surface area contributed by atoms with Crippen molar-refractivity contribution in [2.45, 2.75) is 66.0 Å². The van der Waals surface area contributed by atoms with Crippen LogP contribution in [0.15, 0.2) is 23.3 Å². The third-order valence-corrected chi connectivity index (χ3v) is 4.63. The molecule has 1 saturated heterocycles. The zero-order valence-corrected chi connectivity index (χ0v) is 19.3. The van der Waals surface area contributed by atoms with Crippen molar-refractivity contribution in [2.75, 3.05) is 25.0 Å². The number of nitrogens with zero attached hydrogens (tertiary/aromatic N) is 3. The molecule has 1 fully saturated rings. The largest absolute Gasteiger partial charge is 0.357 e. The second-order valence-corrected chi connectivity index (χ2v) is 8.29. The molecule has 0 bridgehead atoms. The van der Waals surface area contributed by atoms with Gasteiger partial charge in [0.25, 0.3) is 0 Å². The molecule has 148 valence electrons. The average Bonchev–Trinajstić information content (AvgIpc) is 3.11. The van der Waals surface area contributed by atoms with Crippen molar-refractivity contribution in [2.24, 2.45) is 10.4 Å². The summed E-state index contributed by atoms with van der Waals surface area (Å²) in [7, 11) is 1.83. The van der Waals surface area contributed by atoms with Crippen LogP contribution >= 0.6 is 24.0 Å². The second kappa shape index (κ2) is 10.9. The van der Waals surface area contributed by atoms with Gasteiger partial charge >= 0.3 is 0 Å². The Morgan fingerprint density at radius 1 is 1.31 bits per heavy atom. The van der Waals surface area contributed by atoms with Gasteiger partial charge in [-0.3, -0.25) is 4.99 Å². The molecule has 6 heteroatoms. The molecule has 0 saturated carbocycles. The van der Waals surface area contributed by atoms with Gasteiger partial charge in [0.1, 0.15) is 5.82 Å². The highest BCUT2D eigenvalue weighted by Crippen LogP contribution is 2.21. The van der Waals surface area contributed by atoms with Gasteiger partial charge in [-0.2, -0.15) is 0 Å². The number of hydrogen-bond acceptors (Lipinski definition) is 3. The number of aromatic nitrogens is 1. The van der Waals surface area contributed by atoms with Crippen LogP contribution in [-0.2, 0) is 6.54 Å². The molecule has 2 rings (SSSR count). The monoisotopic (exact) mass is 473 g/mol. The number of rotatable bonds is 6. The first-order chi connectivity index (χ1) is 11.9. The van der Waals surface area contributed by atoms with Gasteiger partial charge in [-0.1, -0.05) is 20.8 Å². The number of halogens is 1. The van der Waals surface area contributed by atoms with Gasteiger partial charge < -0.3 is 15.5 Å². The van der Waals surface area contributed by atoms with E-state index in [1.807, 2.05) is 13.2 Å². The summed E-state index contributed by atoms with van der Waals surface area (Å²) < 4.78 is 0. The number of hydrogen-bond donors (Lipinski definition) is 2. The number of guanidine groups is 1. The van der Waals surface area contributed by atoms with Crippen LogP contribution in [-0.4, -0.2) is 37.1 Å². The van der Waals surface area contributed by atoms with E-state index >= 15 is 0 Å². The van der Waals surface area contributed by atoms with Crippen LogP contribution in [0, 0.1) is 5.41 Å². The summed E-state index contributed by atoms with van der Waals surface area (Å²) >= 11 is 0. The van der Waals surface area contributed by atoms with E-state index in [1.54, 1.807) is 0 Å². The van der Waals surface area contributed by atoms with Crippen LogP contribution in [0.5, 0.6) is 0 Å². The minimum Gasteiger partial charge on any atom is -0.357 e. The van der Waals surface area contributed by atoms with Gasteiger partial charge in [0.2, 0.25) is 0 Å². The average molecular weight is 473 g/mol. The summed E-state index contributed by atoms with van der Waals surface area (Å²) in [6, 6.07) is 4.67. The third-order valence-electron chi connectivity index (χ3n) is 4.63. The normalized spacial score (nSPS) is 16.2. The molecule has 1 aromatic heterocycles. The number of pyridine rings is 1. The Labute approximate surface area is 176 Å². The number of aliphatic imine (C=N–C) groups is 1. The van der Waals surface area contributed by atoms with Crippen LogP contribution in [0.2, 0.25) is 0 Å². The van der Waals surface area contributed by atoms with E-state index in [2.05, 4.69) is 65.3 Å². The molecule has 2 heterocycles. The highest BCUT2D eigenvalue weighted by atomic mass is 127. The van der Waals surface area contributed by atoms with Crippen molar-refractivity contribution in [3.63, 3.8) is 0 Å². The maximum absolute atomic E-state index is 4.52. The van der Waals surface area contributed by atoms with Gasteiger partial charge in [-0.15, -0.1) is 24.0 Å². The summed E-state index contributed by atoms with van der Waals surface area (Å²) in [6.45, 7) is 12.1. The van der Waals surface area contributed by atoms with Gasteiger partial charge in [-0.05, 0) is 55.7 Å². The van der Waals surface area contributed by atoms with E-state index in [0.29, 0.717) is 11.5 Å². The molecule has 26 heavy (non-hydrogen) atoms. The molecule has 1 atom stereocenters. The fourth-order valence-corrected chi connectivity index (χ4v) is 3.03. The summed E-state index contributed by atoms with van der Waals surface area (Å²) in [5, 5.41) is 6.92. The molecule has 0 aromatic carbocycles. The van der Waals surface area contributed by atoms with Crippen molar-refractivity contribution >= 4 is 35.8 Å². The molecule has 0 radical (unpaired) electrons. The zero-order chi connectivity index (χ0) is 18.3. The maximum atomic E-state index is 4.52. The Morgan fingerprint density at radius 3 is 2.62 bits per heavy atom. The van der Waals surface area contributed by atoms with E-state index in [0.717, 1.165) is 37.8 Å². The number of anilines is 1. The first-order valence-electron chi connectivity index (χ1n) is 9.54. The number of nitrogens with one attached hydrogen (secondary N) is 2. The van der Waals surface area contributed by atoms with Crippen LogP contribution in [0.25, 0.3) is 0 Å². The molecular formula is C20H36IN5. The van der Waals surface area contributed by atoms with Crippen LogP contribution in [0.1, 0.15) is 58.9 Å². The van der Waals surface area contributed by atoms with Gasteiger partial charge in [-0.25, -0.2) is 4.98 Å². The first-order valence-corrected chi connectivity index (χ1v) is 9.54. The van der Waals surface area contributed by atoms with Crippen LogP contribution in [0.4, 0.5) is 5.82 Å². The predicted octanol–water partition coefficient (Wildman–Crippen LogP) is 4.18. The summed E-state index contributed by atoms with van der Waals surface area (Å²) in [5.74, 6) is 1.96. The summed E-state index contributed by atoms with van der Waals surface area (Å²) in [5.41, 5.74) is 1.61. The predicted molar refractivity (Wildman–Crippen MR) is 123 cm³/mol. The van der Waals surface area contributed by atoms with Crippen molar-refractivity contribution < 1.29 is 0 Å². The lowest BCUT2D eigenvalue weighted by molar-refractivity contribution is 0.346. The standard InChI is InChI=1S/C20H35N5.HI/c1-16(8-10-20(2,3)4)24-19(21-5)23-15-17-9-11-22-18(14-17)25-12-6-7-13-25;/h9,11,14,16H,6-8,10,12-13,15H2,1-5H3,(H2,21,23,24);1H. The zero-order valence-electron chi connectivity index (χ0n) is 17.0. The third kappa shape index (κ3) is 8.10. The lowest BCUT2D eigenvalue weighted by atomic mass is 9.89. The Morgan fingerprint density at radius 2 is 2.00 bits per heavy atom. The quantitative estimate of drug-likeness (QED) is 0.370. The molecule has 5 nitrogen and oxygen atoms in total. The maximum Gasteiger partial charge on any atom is 0.191 e. The highest BCUT2D eigenvalue weighted by molar-refractivity contribution is 14.0. The Balaban J connectivity index is 0.00000338. The Hall–Kier alpha value is -1.05.